The van der Waals surface area contributed by atoms with Crippen LogP contribution in [0.5, 0.6) is 0 Å². The summed E-state index contributed by atoms with van der Waals surface area (Å²) >= 11 is 0. The summed E-state index contributed by atoms with van der Waals surface area (Å²) in [6.45, 7) is 17.2. The van der Waals surface area contributed by atoms with Gasteiger partial charge < -0.3 is 10.2 Å². The number of rotatable bonds is 7. The zero-order valence-corrected chi connectivity index (χ0v) is 12.4. The van der Waals surface area contributed by atoms with Crippen LogP contribution >= 0.6 is 0 Å². The van der Waals surface area contributed by atoms with Gasteiger partial charge in [-0.25, -0.2) is 0 Å². The first kappa shape index (κ1) is 15.9. The number of nitrogens with zero attached hydrogens (tertiary/aromatic N) is 1. The van der Waals surface area contributed by atoms with Gasteiger partial charge in [0.05, 0.1) is 0 Å². The van der Waals surface area contributed by atoms with Crippen molar-refractivity contribution < 1.29 is 0 Å². The number of nitrogens with one attached hydrogen (secondary N) is 1. The first-order valence-electron chi connectivity index (χ1n) is 6.68. The van der Waals surface area contributed by atoms with E-state index < -0.39 is 0 Å². The first-order valence-corrected chi connectivity index (χ1v) is 6.68. The predicted octanol–water partition coefficient (Wildman–Crippen LogP) is 2.99. The van der Waals surface area contributed by atoms with Gasteiger partial charge in [0.25, 0.3) is 0 Å². The minimum Gasteiger partial charge on any atom is -0.312 e. The Morgan fingerprint density at radius 2 is 1.75 bits per heavy atom. The largest absolute Gasteiger partial charge is 0.312 e. The quantitative estimate of drug-likeness (QED) is 0.720. The number of hydrogen-bond donors (Lipinski definition) is 1. The summed E-state index contributed by atoms with van der Waals surface area (Å²) in [5.74, 6) is 0.703. The van der Waals surface area contributed by atoms with Crippen LogP contribution in [-0.2, 0) is 0 Å². The Kier molecular flexibility index (Phi) is 7.25. The molecule has 0 aromatic rings. The summed E-state index contributed by atoms with van der Waals surface area (Å²) in [7, 11) is 2.23. The van der Waals surface area contributed by atoms with Gasteiger partial charge in [-0.2, -0.15) is 0 Å². The Hall–Kier alpha value is -0.0800. The summed E-state index contributed by atoms with van der Waals surface area (Å²) < 4.78 is 0. The molecule has 0 aliphatic rings. The van der Waals surface area contributed by atoms with Crippen molar-refractivity contribution in [2.24, 2.45) is 11.3 Å². The van der Waals surface area contributed by atoms with Gasteiger partial charge in [-0.15, -0.1) is 0 Å². The molecule has 0 aliphatic heterocycles. The van der Waals surface area contributed by atoms with Gasteiger partial charge in [0.2, 0.25) is 0 Å². The summed E-state index contributed by atoms with van der Waals surface area (Å²) in [5.41, 5.74) is 0.390. The highest BCUT2D eigenvalue weighted by molar-refractivity contribution is 4.76. The van der Waals surface area contributed by atoms with Crippen LogP contribution in [0.2, 0.25) is 0 Å². The van der Waals surface area contributed by atoms with Gasteiger partial charge in [0, 0.05) is 19.1 Å². The fourth-order valence-corrected chi connectivity index (χ4v) is 2.05. The maximum absolute atomic E-state index is 3.64. The molecule has 0 saturated heterocycles. The third-order valence-corrected chi connectivity index (χ3v) is 2.71. The lowest BCUT2D eigenvalue weighted by atomic mass is 9.95. The Bertz CT molecular complexity index is 170. The SMILES string of the molecule is CCCNC(CN(C)CC(C)(C)C)C(C)C. The predicted molar refractivity (Wildman–Crippen MR) is 73.9 cm³/mol. The lowest BCUT2D eigenvalue weighted by Gasteiger charge is -2.32. The van der Waals surface area contributed by atoms with Crippen LogP contribution in [-0.4, -0.2) is 37.6 Å². The van der Waals surface area contributed by atoms with Crippen molar-refractivity contribution >= 4 is 0 Å². The molecule has 1 atom stereocenters. The standard InChI is InChI=1S/C14H32N2/c1-8-9-15-13(12(2)3)10-16(7)11-14(4,5)6/h12-13,15H,8-11H2,1-7H3. The second-order valence-corrected chi connectivity index (χ2v) is 6.56. The van der Waals surface area contributed by atoms with E-state index in [0.29, 0.717) is 17.4 Å². The highest BCUT2D eigenvalue weighted by Crippen LogP contribution is 2.15. The van der Waals surface area contributed by atoms with Gasteiger partial charge >= 0.3 is 0 Å². The zero-order valence-electron chi connectivity index (χ0n) is 12.4. The van der Waals surface area contributed by atoms with Crippen molar-refractivity contribution in [3.05, 3.63) is 0 Å². The van der Waals surface area contributed by atoms with E-state index in [9.17, 15) is 0 Å². The van der Waals surface area contributed by atoms with Gasteiger partial charge in [0.1, 0.15) is 0 Å². The lowest BCUT2D eigenvalue weighted by Crippen LogP contribution is -2.45. The van der Waals surface area contributed by atoms with Crippen LogP contribution < -0.4 is 5.32 Å². The highest BCUT2D eigenvalue weighted by atomic mass is 15.1. The molecule has 0 fully saturated rings. The van der Waals surface area contributed by atoms with Crippen molar-refractivity contribution in [1.82, 2.24) is 10.2 Å². The molecule has 1 unspecified atom stereocenters. The molecule has 1 N–H and O–H groups in total. The molecule has 0 aliphatic carbocycles. The van der Waals surface area contributed by atoms with Crippen molar-refractivity contribution in [1.29, 1.82) is 0 Å². The normalized spacial score (nSPS) is 14.8. The molecule has 0 aromatic carbocycles. The number of hydrogen-bond acceptors (Lipinski definition) is 2. The topological polar surface area (TPSA) is 15.3 Å². The Morgan fingerprint density at radius 1 is 1.19 bits per heavy atom. The molecular formula is C14H32N2. The van der Waals surface area contributed by atoms with E-state index in [1.807, 2.05) is 0 Å². The molecule has 0 radical (unpaired) electrons. The molecule has 0 bridgehead atoms. The van der Waals surface area contributed by atoms with Crippen LogP contribution in [0.15, 0.2) is 0 Å². The van der Waals surface area contributed by atoms with E-state index >= 15 is 0 Å². The van der Waals surface area contributed by atoms with Crippen LogP contribution in [0.1, 0.15) is 48.0 Å². The molecule has 98 valence electrons. The second-order valence-electron chi connectivity index (χ2n) is 6.56. The lowest BCUT2D eigenvalue weighted by molar-refractivity contribution is 0.192. The number of likely N-dealkylation sites (N-methyl/N-ethyl adjacent to an activating group) is 1. The fraction of sp³-hybridized carbons (Fsp3) is 1.00. The molecular weight excluding hydrogens is 196 g/mol. The van der Waals surface area contributed by atoms with E-state index in [2.05, 4.69) is 58.8 Å². The molecule has 2 heteroatoms. The van der Waals surface area contributed by atoms with E-state index in [1.54, 1.807) is 0 Å². The van der Waals surface area contributed by atoms with Crippen molar-refractivity contribution in [2.75, 3.05) is 26.7 Å². The van der Waals surface area contributed by atoms with Crippen LogP contribution in [0.25, 0.3) is 0 Å². The Labute approximate surface area is 103 Å². The third kappa shape index (κ3) is 8.12. The molecule has 0 heterocycles. The van der Waals surface area contributed by atoms with Gasteiger partial charge in [-0.1, -0.05) is 41.5 Å². The smallest absolute Gasteiger partial charge is 0.0217 e. The average molecular weight is 228 g/mol. The van der Waals surface area contributed by atoms with Gasteiger partial charge in [-0.3, -0.25) is 0 Å². The molecule has 0 amide bonds. The van der Waals surface area contributed by atoms with E-state index in [-0.39, 0.29) is 0 Å². The van der Waals surface area contributed by atoms with E-state index in [1.165, 1.54) is 6.42 Å². The monoisotopic (exact) mass is 228 g/mol. The van der Waals surface area contributed by atoms with Crippen molar-refractivity contribution in [3.63, 3.8) is 0 Å². The molecule has 0 rings (SSSR count). The fourth-order valence-electron chi connectivity index (χ4n) is 2.05. The Balaban J connectivity index is 4.07. The van der Waals surface area contributed by atoms with Gasteiger partial charge in [-0.05, 0) is 31.3 Å². The van der Waals surface area contributed by atoms with Crippen LogP contribution in [0.3, 0.4) is 0 Å². The summed E-state index contributed by atoms with van der Waals surface area (Å²) in [6, 6.07) is 0.618. The van der Waals surface area contributed by atoms with Crippen molar-refractivity contribution in [2.45, 2.75) is 54.0 Å². The van der Waals surface area contributed by atoms with E-state index in [0.717, 1.165) is 19.6 Å². The first-order chi connectivity index (χ1) is 7.26. The van der Waals surface area contributed by atoms with Crippen LogP contribution in [0, 0.1) is 11.3 Å². The Morgan fingerprint density at radius 3 is 2.12 bits per heavy atom. The minimum atomic E-state index is 0.390. The molecule has 0 saturated carbocycles. The molecule has 0 aromatic heterocycles. The summed E-state index contributed by atoms with van der Waals surface area (Å²) in [4.78, 5) is 2.45. The average Bonchev–Trinajstić information content (AvgIpc) is 2.08. The summed E-state index contributed by atoms with van der Waals surface area (Å²) in [6.07, 6.45) is 1.21. The maximum Gasteiger partial charge on any atom is 0.0217 e. The molecule has 2 nitrogen and oxygen atoms in total. The zero-order chi connectivity index (χ0) is 12.8. The second kappa shape index (κ2) is 7.29. The molecule has 0 spiro atoms. The van der Waals surface area contributed by atoms with Gasteiger partial charge in [0.15, 0.2) is 0 Å². The highest BCUT2D eigenvalue weighted by Gasteiger charge is 2.18. The van der Waals surface area contributed by atoms with Crippen molar-refractivity contribution in [3.8, 4) is 0 Å². The molecule has 16 heavy (non-hydrogen) atoms. The van der Waals surface area contributed by atoms with E-state index in [4.69, 9.17) is 0 Å². The maximum atomic E-state index is 3.64. The third-order valence-electron chi connectivity index (χ3n) is 2.71. The minimum absolute atomic E-state index is 0.390. The summed E-state index contributed by atoms with van der Waals surface area (Å²) in [5, 5.41) is 3.64. The van der Waals surface area contributed by atoms with Crippen LogP contribution in [0.4, 0.5) is 0 Å².